The molecule has 3 heterocycles. The van der Waals surface area contributed by atoms with Gasteiger partial charge in [0, 0.05) is 49.5 Å². The van der Waals surface area contributed by atoms with Gasteiger partial charge in [0.1, 0.15) is 0 Å². The van der Waals surface area contributed by atoms with E-state index < -0.39 is 0 Å². The summed E-state index contributed by atoms with van der Waals surface area (Å²) in [5.41, 5.74) is 15.0. The van der Waals surface area contributed by atoms with E-state index in [0.717, 1.165) is 105 Å². The summed E-state index contributed by atoms with van der Waals surface area (Å²) in [7, 11) is 0. The minimum absolute atomic E-state index is 0.697. The number of para-hydroxylation sites is 1. The average molecular weight is 765 g/mol. The summed E-state index contributed by atoms with van der Waals surface area (Å²) in [6.45, 7) is 0. The lowest BCUT2D eigenvalue weighted by atomic mass is 9.92. The van der Waals surface area contributed by atoms with Crippen molar-refractivity contribution in [2.24, 2.45) is 0 Å². The summed E-state index contributed by atoms with van der Waals surface area (Å²) < 4.78 is 0. The number of rotatable bonds is 7. The third-order valence-corrected chi connectivity index (χ3v) is 11.3. The van der Waals surface area contributed by atoms with E-state index in [4.69, 9.17) is 19.9 Å². The number of fused-ring (bicyclic) bond motifs is 5. The van der Waals surface area contributed by atoms with Crippen LogP contribution in [0.5, 0.6) is 0 Å². The quantitative estimate of drug-likeness (QED) is 0.152. The standard InChI is InChI=1S/C56H36N4/c1-5-15-39(16-6-1)48-36-34-44-33-35-47-46-23-13-14-24-49(46)58-55(51(47)54(44)57-48)43-31-27-38(28-32-43)37-25-29-40(30-26-37)50-52(41-17-7-2-8-18-41)59-56(45-21-11-4-12-22-45)60-53(50)42-19-9-3-10-20-42/h1-36H. The van der Waals surface area contributed by atoms with Crippen molar-refractivity contribution in [1.82, 2.24) is 19.9 Å². The summed E-state index contributed by atoms with van der Waals surface area (Å²) in [5, 5.41) is 4.41. The molecule has 3 aromatic heterocycles. The highest BCUT2D eigenvalue weighted by Crippen LogP contribution is 2.41. The number of benzene rings is 8. The van der Waals surface area contributed by atoms with Crippen molar-refractivity contribution >= 4 is 32.6 Å². The van der Waals surface area contributed by atoms with Gasteiger partial charge >= 0.3 is 0 Å². The maximum absolute atomic E-state index is 5.31. The third-order valence-electron chi connectivity index (χ3n) is 11.3. The van der Waals surface area contributed by atoms with Crippen molar-refractivity contribution in [1.29, 1.82) is 0 Å². The molecular formula is C56H36N4. The van der Waals surface area contributed by atoms with Gasteiger partial charge in [-0.25, -0.2) is 19.9 Å². The first-order valence-corrected chi connectivity index (χ1v) is 20.2. The van der Waals surface area contributed by atoms with E-state index in [0.29, 0.717) is 5.82 Å². The molecule has 8 aromatic carbocycles. The summed E-state index contributed by atoms with van der Waals surface area (Å²) in [6.07, 6.45) is 0. The van der Waals surface area contributed by atoms with E-state index in [1.807, 2.05) is 36.4 Å². The van der Waals surface area contributed by atoms with E-state index in [1.165, 1.54) is 0 Å². The van der Waals surface area contributed by atoms with Gasteiger partial charge in [0.2, 0.25) is 0 Å². The Kier molecular flexibility index (Phi) is 8.79. The number of aromatic nitrogens is 4. The van der Waals surface area contributed by atoms with Crippen LogP contribution in [0.2, 0.25) is 0 Å². The smallest absolute Gasteiger partial charge is 0.160 e. The predicted molar refractivity (Wildman–Crippen MR) is 248 cm³/mol. The average Bonchev–Trinajstić information content (AvgIpc) is 3.34. The number of hydrogen-bond donors (Lipinski definition) is 0. The fourth-order valence-corrected chi connectivity index (χ4v) is 8.32. The first-order valence-electron chi connectivity index (χ1n) is 20.2. The first-order chi connectivity index (χ1) is 29.7. The van der Waals surface area contributed by atoms with E-state index >= 15 is 0 Å². The van der Waals surface area contributed by atoms with Crippen LogP contribution in [0, 0.1) is 0 Å². The Morgan fingerprint density at radius 1 is 0.267 bits per heavy atom. The molecule has 0 amide bonds. The van der Waals surface area contributed by atoms with Gasteiger partial charge in [-0.15, -0.1) is 0 Å². The zero-order chi connectivity index (χ0) is 39.8. The fourth-order valence-electron chi connectivity index (χ4n) is 8.32. The van der Waals surface area contributed by atoms with Crippen LogP contribution in [0.15, 0.2) is 218 Å². The normalized spacial score (nSPS) is 11.3. The molecule has 0 saturated heterocycles. The molecule has 4 heteroatoms. The second kappa shape index (κ2) is 15.0. The summed E-state index contributed by atoms with van der Waals surface area (Å²) in [4.78, 5) is 21.1. The van der Waals surface area contributed by atoms with Crippen LogP contribution in [0.3, 0.4) is 0 Å². The molecule has 0 radical (unpaired) electrons. The Morgan fingerprint density at radius 3 is 1.33 bits per heavy atom. The second-order valence-electron chi connectivity index (χ2n) is 15.0. The molecule has 0 saturated carbocycles. The van der Waals surface area contributed by atoms with Crippen molar-refractivity contribution in [2.75, 3.05) is 0 Å². The molecule has 0 bridgehead atoms. The third kappa shape index (κ3) is 6.37. The molecule has 4 nitrogen and oxygen atoms in total. The first kappa shape index (κ1) is 35.1. The zero-order valence-corrected chi connectivity index (χ0v) is 32.6. The van der Waals surface area contributed by atoms with E-state index in [-0.39, 0.29) is 0 Å². The van der Waals surface area contributed by atoms with Crippen molar-refractivity contribution in [3.8, 4) is 78.7 Å². The molecule has 60 heavy (non-hydrogen) atoms. The SMILES string of the molecule is c1ccc(-c2ccc3ccc4c5ccccc5nc(-c5ccc(-c6ccc(-c7c(-c8ccccc8)nc(-c8ccccc8)nc7-c7ccccc7)cc6)cc5)c4c3n2)cc1. The molecule has 0 spiro atoms. The Morgan fingerprint density at radius 2 is 0.733 bits per heavy atom. The molecule has 0 aliphatic rings. The van der Waals surface area contributed by atoms with Crippen molar-refractivity contribution < 1.29 is 0 Å². The maximum atomic E-state index is 5.31. The number of nitrogens with zero attached hydrogens (tertiary/aromatic N) is 4. The molecule has 280 valence electrons. The van der Waals surface area contributed by atoms with Gasteiger partial charge in [-0.2, -0.15) is 0 Å². The zero-order valence-electron chi connectivity index (χ0n) is 32.6. The molecule has 0 N–H and O–H groups in total. The Labute approximate surface area is 348 Å². The van der Waals surface area contributed by atoms with Gasteiger partial charge in [-0.1, -0.05) is 206 Å². The number of pyridine rings is 2. The van der Waals surface area contributed by atoms with E-state index in [1.54, 1.807) is 0 Å². The van der Waals surface area contributed by atoms with Crippen LogP contribution >= 0.6 is 0 Å². The lowest BCUT2D eigenvalue weighted by molar-refractivity contribution is 1.18. The highest BCUT2D eigenvalue weighted by Gasteiger charge is 2.21. The summed E-state index contributed by atoms with van der Waals surface area (Å²) in [6, 6.07) is 76.1. The Hall–Kier alpha value is -8.08. The molecule has 0 aliphatic heterocycles. The topological polar surface area (TPSA) is 51.6 Å². The van der Waals surface area contributed by atoms with Gasteiger partial charge in [0.15, 0.2) is 5.82 Å². The highest BCUT2D eigenvalue weighted by molar-refractivity contribution is 6.20. The van der Waals surface area contributed by atoms with Gasteiger partial charge < -0.3 is 0 Å². The van der Waals surface area contributed by atoms with Gasteiger partial charge in [-0.05, 0) is 34.2 Å². The van der Waals surface area contributed by atoms with Crippen LogP contribution < -0.4 is 0 Å². The Balaban J connectivity index is 1.02. The molecule has 11 rings (SSSR count). The van der Waals surface area contributed by atoms with Crippen LogP contribution in [0.4, 0.5) is 0 Å². The van der Waals surface area contributed by atoms with E-state index in [2.05, 4.69) is 182 Å². The molecule has 11 aromatic rings. The second-order valence-corrected chi connectivity index (χ2v) is 15.0. The van der Waals surface area contributed by atoms with Crippen molar-refractivity contribution in [3.63, 3.8) is 0 Å². The van der Waals surface area contributed by atoms with Gasteiger partial charge in [0.05, 0.1) is 33.8 Å². The summed E-state index contributed by atoms with van der Waals surface area (Å²) >= 11 is 0. The van der Waals surface area contributed by atoms with Crippen molar-refractivity contribution in [2.45, 2.75) is 0 Å². The molecule has 0 aliphatic carbocycles. The summed E-state index contributed by atoms with van der Waals surface area (Å²) in [5.74, 6) is 0.697. The fraction of sp³-hybridized carbons (Fsp3) is 0. The Bertz CT molecular complexity index is 3250. The van der Waals surface area contributed by atoms with Crippen LogP contribution in [-0.2, 0) is 0 Å². The van der Waals surface area contributed by atoms with Crippen LogP contribution in [0.1, 0.15) is 0 Å². The van der Waals surface area contributed by atoms with Crippen LogP contribution in [0.25, 0.3) is 111 Å². The van der Waals surface area contributed by atoms with Gasteiger partial charge in [0.25, 0.3) is 0 Å². The highest BCUT2D eigenvalue weighted by atomic mass is 14.9. The van der Waals surface area contributed by atoms with Crippen molar-refractivity contribution in [3.05, 3.63) is 218 Å². The lowest BCUT2D eigenvalue weighted by Crippen LogP contribution is -2.00. The molecule has 0 atom stereocenters. The minimum atomic E-state index is 0.697. The van der Waals surface area contributed by atoms with Crippen LogP contribution in [-0.4, -0.2) is 19.9 Å². The number of hydrogen-bond acceptors (Lipinski definition) is 4. The molecular weight excluding hydrogens is 729 g/mol. The maximum Gasteiger partial charge on any atom is 0.160 e. The molecule has 0 fully saturated rings. The molecule has 0 unspecified atom stereocenters. The minimum Gasteiger partial charge on any atom is -0.247 e. The lowest BCUT2D eigenvalue weighted by Gasteiger charge is -2.17. The monoisotopic (exact) mass is 764 g/mol. The van der Waals surface area contributed by atoms with E-state index in [9.17, 15) is 0 Å². The largest absolute Gasteiger partial charge is 0.247 e. The predicted octanol–water partition coefficient (Wildman–Crippen LogP) is 14.4. The van der Waals surface area contributed by atoms with Gasteiger partial charge in [-0.3, -0.25) is 0 Å².